The van der Waals surface area contributed by atoms with Crippen molar-refractivity contribution in [3.8, 4) is 17.2 Å². The van der Waals surface area contributed by atoms with E-state index in [0.717, 1.165) is 25.1 Å². The second-order valence-corrected chi connectivity index (χ2v) is 6.39. The third-order valence-electron chi connectivity index (χ3n) is 4.71. The molecular weight excluding hydrogens is 360 g/mol. The zero-order valence-electron chi connectivity index (χ0n) is 16.3. The molecule has 2 amide bonds. The van der Waals surface area contributed by atoms with Gasteiger partial charge in [-0.15, -0.1) is 0 Å². The molecule has 2 aromatic rings. The van der Waals surface area contributed by atoms with E-state index in [2.05, 4.69) is 5.32 Å². The molecule has 2 aromatic carbocycles. The lowest BCUT2D eigenvalue weighted by atomic mass is 10.1. The highest BCUT2D eigenvalue weighted by molar-refractivity contribution is 6.07. The number of hydrogen-bond acceptors (Lipinski definition) is 5. The number of methoxy groups -OCH3 is 3. The lowest BCUT2D eigenvalue weighted by Gasteiger charge is -2.26. The van der Waals surface area contributed by atoms with Crippen LogP contribution in [0.4, 0.5) is 11.4 Å². The number of ether oxygens (including phenoxy) is 3. The summed E-state index contributed by atoms with van der Waals surface area (Å²) in [4.78, 5) is 26.6. The normalized spacial score (nSPS) is 13.8. The maximum atomic E-state index is 12.7. The molecule has 0 unspecified atom stereocenters. The third-order valence-corrected chi connectivity index (χ3v) is 4.71. The molecule has 1 N–H and O–H groups in total. The van der Waals surface area contributed by atoms with Crippen LogP contribution in [0.5, 0.6) is 17.2 Å². The molecule has 0 aromatic heterocycles. The lowest BCUT2D eigenvalue weighted by molar-refractivity contribution is -0.119. The Balaban J connectivity index is 1.79. The molecule has 0 aliphatic carbocycles. The summed E-state index contributed by atoms with van der Waals surface area (Å²) in [5, 5.41) is 2.84. The van der Waals surface area contributed by atoms with Gasteiger partial charge in [0.1, 0.15) is 0 Å². The fourth-order valence-electron chi connectivity index (χ4n) is 3.28. The van der Waals surface area contributed by atoms with E-state index in [1.165, 1.54) is 21.3 Å². The number of anilines is 2. The maximum absolute atomic E-state index is 12.7. The van der Waals surface area contributed by atoms with Crippen molar-refractivity contribution >= 4 is 23.2 Å². The molecule has 1 heterocycles. The number of nitrogens with one attached hydrogen (secondary N) is 1. The van der Waals surface area contributed by atoms with Gasteiger partial charge in [-0.25, -0.2) is 0 Å². The van der Waals surface area contributed by atoms with Crippen molar-refractivity contribution in [3.63, 3.8) is 0 Å². The topological polar surface area (TPSA) is 77.1 Å². The van der Waals surface area contributed by atoms with Crippen LogP contribution in [0.2, 0.25) is 0 Å². The van der Waals surface area contributed by atoms with Crippen LogP contribution < -0.4 is 24.4 Å². The first-order chi connectivity index (χ1) is 13.6. The Labute approximate surface area is 164 Å². The standard InChI is InChI=1S/C21H24N2O5/c1-26-17-12-11-16(19(27-2)20(17)28-3)21(25)22-14-7-9-15(10-8-14)23-13-5-4-6-18(23)24/h7-12H,4-6,13H2,1-3H3,(H,22,25). The number of carbonyl (C=O) groups is 2. The van der Waals surface area contributed by atoms with E-state index in [-0.39, 0.29) is 11.8 Å². The summed E-state index contributed by atoms with van der Waals surface area (Å²) in [6.07, 6.45) is 2.53. The molecule has 1 aliphatic heterocycles. The van der Waals surface area contributed by atoms with Crippen LogP contribution in [0.3, 0.4) is 0 Å². The number of nitrogens with zero attached hydrogens (tertiary/aromatic N) is 1. The second-order valence-electron chi connectivity index (χ2n) is 6.39. The molecule has 1 fully saturated rings. The number of carbonyl (C=O) groups excluding carboxylic acids is 2. The Hall–Kier alpha value is -3.22. The molecule has 0 bridgehead atoms. The van der Waals surface area contributed by atoms with Gasteiger partial charge in [0.2, 0.25) is 11.7 Å². The molecule has 3 rings (SSSR count). The van der Waals surface area contributed by atoms with Gasteiger partial charge in [-0.1, -0.05) is 0 Å². The van der Waals surface area contributed by atoms with Crippen molar-refractivity contribution < 1.29 is 23.8 Å². The minimum absolute atomic E-state index is 0.137. The van der Waals surface area contributed by atoms with Crippen molar-refractivity contribution in [1.29, 1.82) is 0 Å². The monoisotopic (exact) mass is 384 g/mol. The molecule has 0 atom stereocenters. The number of benzene rings is 2. The minimum atomic E-state index is -0.334. The van der Waals surface area contributed by atoms with Gasteiger partial charge in [0.05, 0.1) is 26.9 Å². The average Bonchev–Trinajstić information content (AvgIpc) is 2.73. The van der Waals surface area contributed by atoms with Gasteiger partial charge in [-0.2, -0.15) is 0 Å². The molecule has 7 nitrogen and oxygen atoms in total. The first kappa shape index (κ1) is 19.5. The quantitative estimate of drug-likeness (QED) is 0.825. The highest BCUT2D eigenvalue weighted by Gasteiger charge is 2.22. The Morgan fingerprint density at radius 2 is 1.64 bits per heavy atom. The molecule has 0 spiro atoms. The van der Waals surface area contributed by atoms with E-state index in [1.54, 1.807) is 29.2 Å². The van der Waals surface area contributed by atoms with Crippen molar-refractivity contribution in [2.45, 2.75) is 19.3 Å². The summed E-state index contributed by atoms with van der Waals surface area (Å²) < 4.78 is 15.9. The van der Waals surface area contributed by atoms with Crippen molar-refractivity contribution in [3.05, 3.63) is 42.0 Å². The number of rotatable bonds is 6. The van der Waals surface area contributed by atoms with Crippen LogP contribution in [-0.4, -0.2) is 39.7 Å². The second kappa shape index (κ2) is 8.65. The van der Waals surface area contributed by atoms with Gasteiger partial charge in [0, 0.05) is 24.3 Å². The summed E-state index contributed by atoms with van der Waals surface area (Å²) in [7, 11) is 4.48. The van der Waals surface area contributed by atoms with E-state index in [0.29, 0.717) is 34.9 Å². The van der Waals surface area contributed by atoms with Crippen LogP contribution in [0.1, 0.15) is 29.6 Å². The fraction of sp³-hybridized carbons (Fsp3) is 0.333. The summed E-state index contributed by atoms with van der Waals surface area (Å²) in [5.74, 6) is 0.940. The Kier molecular flexibility index (Phi) is 6.03. The fourth-order valence-corrected chi connectivity index (χ4v) is 3.28. The van der Waals surface area contributed by atoms with Crippen LogP contribution in [0.25, 0.3) is 0 Å². The van der Waals surface area contributed by atoms with E-state index in [1.807, 2.05) is 12.1 Å². The minimum Gasteiger partial charge on any atom is -0.493 e. The first-order valence-electron chi connectivity index (χ1n) is 9.09. The molecule has 28 heavy (non-hydrogen) atoms. The Morgan fingerprint density at radius 3 is 2.25 bits per heavy atom. The van der Waals surface area contributed by atoms with Crippen LogP contribution in [-0.2, 0) is 4.79 Å². The summed E-state index contributed by atoms with van der Waals surface area (Å²) in [6.45, 7) is 0.730. The average molecular weight is 384 g/mol. The van der Waals surface area contributed by atoms with Gasteiger partial charge in [0.25, 0.3) is 5.91 Å². The van der Waals surface area contributed by atoms with Gasteiger partial charge in [-0.05, 0) is 49.2 Å². The Bertz CT molecular complexity index is 864. The molecule has 7 heteroatoms. The number of piperidine rings is 1. The third kappa shape index (κ3) is 3.88. The summed E-state index contributed by atoms with van der Waals surface area (Å²) >= 11 is 0. The van der Waals surface area contributed by atoms with Crippen LogP contribution in [0.15, 0.2) is 36.4 Å². The molecule has 148 valence electrons. The van der Waals surface area contributed by atoms with Crippen molar-refractivity contribution in [2.24, 2.45) is 0 Å². The maximum Gasteiger partial charge on any atom is 0.259 e. The van der Waals surface area contributed by atoms with Gasteiger partial charge >= 0.3 is 0 Å². The van der Waals surface area contributed by atoms with Crippen LogP contribution in [0, 0.1) is 0 Å². The molecule has 0 saturated carbocycles. The summed E-state index contributed by atoms with van der Waals surface area (Å²) in [5.41, 5.74) is 1.79. The molecule has 1 saturated heterocycles. The van der Waals surface area contributed by atoms with Gasteiger partial charge in [0.15, 0.2) is 11.5 Å². The smallest absolute Gasteiger partial charge is 0.259 e. The lowest BCUT2D eigenvalue weighted by Crippen LogP contribution is -2.35. The predicted octanol–water partition coefficient (Wildman–Crippen LogP) is 3.48. The zero-order valence-corrected chi connectivity index (χ0v) is 16.3. The largest absolute Gasteiger partial charge is 0.493 e. The Morgan fingerprint density at radius 1 is 0.929 bits per heavy atom. The highest BCUT2D eigenvalue weighted by Crippen LogP contribution is 2.40. The van der Waals surface area contributed by atoms with Gasteiger partial charge < -0.3 is 24.4 Å². The van der Waals surface area contributed by atoms with E-state index < -0.39 is 0 Å². The van der Waals surface area contributed by atoms with Crippen molar-refractivity contribution in [1.82, 2.24) is 0 Å². The zero-order chi connectivity index (χ0) is 20.1. The molecule has 0 radical (unpaired) electrons. The predicted molar refractivity (Wildman–Crippen MR) is 107 cm³/mol. The first-order valence-corrected chi connectivity index (χ1v) is 9.09. The van der Waals surface area contributed by atoms with Crippen LogP contribution >= 0.6 is 0 Å². The summed E-state index contributed by atoms with van der Waals surface area (Å²) in [6, 6.07) is 10.5. The highest BCUT2D eigenvalue weighted by atomic mass is 16.5. The number of amides is 2. The van der Waals surface area contributed by atoms with E-state index in [4.69, 9.17) is 14.2 Å². The molecular formula is C21H24N2O5. The number of hydrogen-bond donors (Lipinski definition) is 1. The van der Waals surface area contributed by atoms with E-state index in [9.17, 15) is 9.59 Å². The van der Waals surface area contributed by atoms with Crippen molar-refractivity contribution in [2.75, 3.05) is 38.1 Å². The van der Waals surface area contributed by atoms with Gasteiger partial charge in [-0.3, -0.25) is 9.59 Å². The SMILES string of the molecule is COc1ccc(C(=O)Nc2ccc(N3CCCCC3=O)cc2)c(OC)c1OC. The van der Waals surface area contributed by atoms with E-state index >= 15 is 0 Å². The molecule has 1 aliphatic rings.